The lowest BCUT2D eigenvalue weighted by Crippen LogP contribution is -1.95. The number of rotatable bonds is 1. The van der Waals surface area contributed by atoms with E-state index >= 15 is 0 Å². The van der Waals surface area contributed by atoms with Crippen molar-refractivity contribution in [2.45, 2.75) is 25.7 Å². The maximum Gasteiger partial charge on any atom is 0.133 e. The fraction of sp³-hybridized carbons (Fsp3) is 0.333. The van der Waals surface area contributed by atoms with Crippen molar-refractivity contribution in [2.24, 2.45) is 0 Å². The van der Waals surface area contributed by atoms with Crippen LogP contribution in [-0.2, 0) is 0 Å². The standard InChI is InChI=1S/C12H12F2/c13-10-6-7-11(12(14)8-10)9-4-2-1-3-5-9/h4,6-8H,1-3,5H2. The third-order valence-corrected chi connectivity index (χ3v) is 2.57. The molecule has 2 rings (SSSR count). The van der Waals surface area contributed by atoms with Gasteiger partial charge in [0.2, 0.25) is 0 Å². The zero-order chi connectivity index (χ0) is 9.97. The van der Waals surface area contributed by atoms with Gasteiger partial charge < -0.3 is 0 Å². The summed E-state index contributed by atoms with van der Waals surface area (Å²) < 4.78 is 26.0. The van der Waals surface area contributed by atoms with Gasteiger partial charge in [-0.15, -0.1) is 0 Å². The topological polar surface area (TPSA) is 0 Å². The molecule has 0 heterocycles. The van der Waals surface area contributed by atoms with Crippen LogP contribution in [0.15, 0.2) is 24.3 Å². The van der Waals surface area contributed by atoms with Gasteiger partial charge in [-0.25, -0.2) is 8.78 Å². The van der Waals surface area contributed by atoms with Crippen LogP contribution in [0.1, 0.15) is 31.2 Å². The van der Waals surface area contributed by atoms with Crippen LogP contribution < -0.4 is 0 Å². The maximum atomic E-state index is 13.4. The maximum absolute atomic E-state index is 13.4. The molecule has 1 aromatic carbocycles. The first-order valence-electron chi connectivity index (χ1n) is 4.92. The van der Waals surface area contributed by atoms with Crippen LogP contribution >= 0.6 is 0 Å². The minimum absolute atomic E-state index is 0.446. The highest BCUT2D eigenvalue weighted by Gasteiger charge is 2.10. The quantitative estimate of drug-likeness (QED) is 0.635. The number of hydrogen-bond acceptors (Lipinski definition) is 0. The molecule has 0 bridgehead atoms. The molecule has 0 spiro atoms. The van der Waals surface area contributed by atoms with Crippen molar-refractivity contribution < 1.29 is 8.78 Å². The van der Waals surface area contributed by atoms with E-state index in [9.17, 15) is 8.78 Å². The molecule has 0 saturated carbocycles. The number of hydrogen-bond donors (Lipinski definition) is 0. The molecule has 0 nitrogen and oxygen atoms in total. The Morgan fingerprint density at radius 1 is 1.07 bits per heavy atom. The molecule has 1 aromatic rings. The van der Waals surface area contributed by atoms with E-state index in [0.29, 0.717) is 5.56 Å². The molecular formula is C12H12F2. The molecule has 1 aliphatic carbocycles. The van der Waals surface area contributed by atoms with Gasteiger partial charge in [0, 0.05) is 11.6 Å². The summed E-state index contributed by atoms with van der Waals surface area (Å²) in [6, 6.07) is 3.79. The van der Waals surface area contributed by atoms with E-state index in [1.54, 1.807) is 0 Å². The van der Waals surface area contributed by atoms with E-state index in [1.165, 1.54) is 18.6 Å². The zero-order valence-corrected chi connectivity index (χ0v) is 7.89. The lowest BCUT2D eigenvalue weighted by molar-refractivity contribution is 0.579. The molecule has 0 amide bonds. The second kappa shape index (κ2) is 3.91. The van der Waals surface area contributed by atoms with Crippen molar-refractivity contribution >= 4 is 5.57 Å². The number of benzene rings is 1. The van der Waals surface area contributed by atoms with Crippen LogP contribution in [0.25, 0.3) is 5.57 Å². The first-order valence-corrected chi connectivity index (χ1v) is 4.92. The second-order valence-corrected chi connectivity index (χ2v) is 3.60. The van der Waals surface area contributed by atoms with Crippen LogP contribution in [0.5, 0.6) is 0 Å². The minimum Gasteiger partial charge on any atom is -0.207 e. The summed E-state index contributed by atoms with van der Waals surface area (Å²) in [6.07, 6.45) is 6.24. The lowest BCUT2D eigenvalue weighted by atomic mass is 9.93. The Kier molecular flexibility index (Phi) is 2.62. The highest BCUT2D eigenvalue weighted by Crippen LogP contribution is 2.28. The first kappa shape index (κ1) is 9.38. The highest BCUT2D eigenvalue weighted by atomic mass is 19.1. The second-order valence-electron chi connectivity index (χ2n) is 3.60. The molecule has 0 aromatic heterocycles. The molecule has 0 saturated heterocycles. The van der Waals surface area contributed by atoms with Gasteiger partial charge in [-0.05, 0) is 43.4 Å². The molecule has 0 fully saturated rings. The van der Waals surface area contributed by atoms with E-state index in [-0.39, 0.29) is 0 Å². The minimum atomic E-state index is -0.511. The fourth-order valence-corrected chi connectivity index (χ4v) is 1.83. The normalized spacial score (nSPS) is 16.6. The third kappa shape index (κ3) is 1.84. The Hall–Kier alpha value is -1.18. The smallest absolute Gasteiger partial charge is 0.133 e. The average molecular weight is 194 g/mol. The van der Waals surface area contributed by atoms with Gasteiger partial charge in [0.25, 0.3) is 0 Å². The largest absolute Gasteiger partial charge is 0.207 e. The summed E-state index contributed by atoms with van der Waals surface area (Å²) in [7, 11) is 0. The molecule has 0 atom stereocenters. The monoisotopic (exact) mass is 194 g/mol. The van der Waals surface area contributed by atoms with Crippen molar-refractivity contribution in [2.75, 3.05) is 0 Å². The van der Waals surface area contributed by atoms with Crippen molar-refractivity contribution in [3.63, 3.8) is 0 Å². The molecule has 2 heteroatoms. The van der Waals surface area contributed by atoms with Gasteiger partial charge in [0.1, 0.15) is 11.6 Å². The Labute approximate surface area is 82.3 Å². The van der Waals surface area contributed by atoms with E-state index in [1.807, 2.05) is 0 Å². The van der Waals surface area contributed by atoms with Gasteiger partial charge in [-0.3, -0.25) is 0 Å². The number of allylic oxidation sites excluding steroid dienone is 2. The zero-order valence-electron chi connectivity index (χ0n) is 7.89. The van der Waals surface area contributed by atoms with Gasteiger partial charge in [0.05, 0.1) is 0 Å². The fourth-order valence-electron chi connectivity index (χ4n) is 1.83. The van der Waals surface area contributed by atoms with Crippen LogP contribution in [0.3, 0.4) is 0 Å². The summed E-state index contributed by atoms with van der Waals surface area (Å²) in [4.78, 5) is 0. The lowest BCUT2D eigenvalue weighted by Gasteiger charge is -2.13. The Morgan fingerprint density at radius 2 is 1.93 bits per heavy atom. The molecule has 74 valence electrons. The van der Waals surface area contributed by atoms with Crippen molar-refractivity contribution in [3.05, 3.63) is 41.5 Å². The summed E-state index contributed by atoms with van der Waals surface area (Å²) in [5, 5.41) is 0. The summed E-state index contributed by atoms with van der Waals surface area (Å²) in [5.41, 5.74) is 1.58. The van der Waals surface area contributed by atoms with Gasteiger partial charge in [-0.2, -0.15) is 0 Å². The Balaban J connectivity index is 2.35. The van der Waals surface area contributed by atoms with E-state index < -0.39 is 11.6 Å². The molecule has 1 aliphatic rings. The third-order valence-electron chi connectivity index (χ3n) is 2.57. The van der Waals surface area contributed by atoms with E-state index in [2.05, 4.69) is 6.08 Å². The molecule has 0 aliphatic heterocycles. The summed E-state index contributed by atoms with van der Waals surface area (Å²) >= 11 is 0. The Bertz CT molecular complexity index is 367. The Morgan fingerprint density at radius 3 is 2.57 bits per heavy atom. The van der Waals surface area contributed by atoms with Crippen molar-refractivity contribution in [1.82, 2.24) is 0 Å². The van der Waals surface area contributed by atoms with Crippen molar-refractivity contribution in [3.8, 4) is 0 Å². The summed E-state index contributed by atoms with van der Waals surface area (Å²) in [6.45, 7) is 0. The van der Waals surface area contributed by atoms with Gasteiger partial charge in [0.15, 0.2) is 0 Å². The predicted octanol–water partition coefficient (Wildman–Crippen LogP) is 3.92. The predicted molar refractivity (Wildman–Crippen MR) is 52.8 cm³/mol. The van der Waals surface area contributed by atoms with E-state index in [4.69, 9.17) is 0 Å². The van der Waals surface area contributed by atoms with Crippen LogP contribution in [0, 0.1) is 11.6 Å². The molecule has 0 N–H and O–H groups in total. The van der Waals surface area contributed by atoms with Crippen LogP contribution in [0.2, 0.25) is 0 Å². The van der Waals surface area contributed by atoms with Crippen molar-refractivity contribution in [1.29, 1.82) is 0 Å². The van der Waals surface area contributed by atoms with Crippen LogP contribution in [0.4, 0.5) is 8.78 Å². The van der Waals surface area contributed by atoms with Gasteiger partial charge >= 0.3 is 0 Å². The molecule has 14 heavy (non-hydrogen) atoms. The highest BCUT2D eigenvalue weighted by molar-refractivity contribution is 5.66. The first-order chi connectivity index (χ1) is 6.77. The van der Waals surface area contributed by atoms with E-state index in [0.717, 1.165) is 30.9 Å². The molecular weight excluding hydrogens is 182 g/mol. The number of halogens is 2. The average Bonchev–Trinajstić information content (AvgIpc) is 2.19. The van der Waals surface area contributed by atoms with Crippen LogP contribution in [-0.4, -0.2) is 0 Å². The molecule has 0 unspecified atom stereocenters. The summed E-state index contributed by atoms with van der Waals surface area (Å²) in [5.74, 6) is -0.958. The van der Waals surface area contributed by atoms with Gasteiger partial charge in [-0.1, -0.05) is 6.08 Å². The molecule has 0 radical (unpaired) electrons. The SMILES string of the molecule is Fc1ccc(C2=CCCCC2)c(F)c1.